The van der Waals surface area contributed by atoms with Crippen LogP contribution < -0.4 is 5.43 Å². The van der Waals surface area contributed by atoms with Crippen LogP contribution in [0.5, 0.6) is 0 Å². The molecule has 0 unspecified atom stereocenters. The molecule has 2 heterocycles. The Balaban J connectivity index is 1.87. The summed E-state index contributed by atoms with van der Waals surface area (Å²) in [6.45, 7) is 4.17. The van der Waals surface area contributed by atoms with Crippen LogP contribution >= 0.6 is 11.3 Å². The summed E-state index contributed by atoms with van der Waals surface area (Å²) in [5, 5.41) is 6.74. The van der Waals surface area contributed by atoms with Crippen molar-refractivity contribution in [1.82, 2.24) is 5.43 Å². The van der Waals surface area contributed by atoms with Crippen molar-refractivity contribution in [3.8, 4) is 0 Å². The van der Waals surface area contributed by atoms with E-state index in [1.165, 1.54) is 11.1 Å². The Labute approximate surface area is 145 Å². The summed E-state index contributed by atoms with van der Waals surface area (Å²) in [5.74, 6) is 0.770. The fourth-order valence-electron chi connectivity index (χ4n) is 2.69. The molecule has 1 aromatic heterocycles. The second-order valence-electron chi connectivity index (χ2n) is 5.90. The molecule has 118 valence electrons. The van der Waals surface area contributed by atoms with Gasteiger partial charge in [-0.3, -0.25) is 5.43 Å². The lowest BCUT2D eigenvalue weighted by Crippen LogP contribution is -2.19. The van der Waals surface area contributed by atoms with Crippen molar-refractivity contribution in [2.45, 2.75) is 13.8 Å². The number of thiophene rings is 1. The van der Waals surface area contributed by atoms with E-state index < -0.39 is 0 Å². The predicted octanol–water partition coefficient (Wildman–Crippen LogP) is 4.80. The average Bonchev–Trinajstić information content (AvgIpc) is 3.04. The van der Waals surface area contributed by atoms with Gasteiger partial charge in [0.05, 0.1) is 10.6 Å². The molecule has 0 spiro atoms. The largest absolute Gasteiger partial charge is 0.260 e. The fourth-order valence-corrected chi connectivity index (χ4v) is 3.42. The highest BCUT2D eigenvalue weighted by molar-refractivity contribution is 7.12. The van der Waals surface area contributed by atoms with Crippen LogP contribution in [0.2, 0.25) is 0 Å². The molecule has 4 rings (SSSR count). The van der Waals surface area contributed by atoms with Crippen molar-refractivity contribution in [1.29, 1.82) is 0 Å². The molecule has 0 fully saturated rings. The van der Waals surface area contributed by atoms with Crippen LogP contribution in [0, 0.1) is 13.8 Å². The summed E-state index contributed by atoms with van der Waals surface area (Å²) < 4.78 is 0. The first kappa shape index (κ1) is 14.8. The third-order valence-electron chi connectivity index (χ3n) is 3.99. The summed E-state index contributed by atoms with van der Waals surface area (Å²) in [5.41, 5.74) is 9.57. The molecule has 3 aromatic rings. The molecule has 0 saturated carbocycles. The highest BCUT2D eigenvalue weighted by Crippen LogP contribution is 2.28. The van der Waals surface area contributed by atoms with Gasteiger partial charge in [-0.25, -0.2) is 4.99 Å². The monoisotopic (exact) mass is 331 g/mol. The molecule has 0 saturated heterocycles. The van der Waals surface area contributed by atoms with E-state index in [0.717, 1.165) is 33.2 Å². The lowest BCUT2D eigenvalue weighted by molar-refractivity contribution is 1.03. The highest BCUT2D eigenvalue weighted by atomic mass is 32.1. The Morgan fingerprint density at radius 3 is 2.46 bits per heavy atom. The normalized spacial score (nSPS) is 13.4. The number of amidine groups is 1. The van der Waals surface area contributed by atoms with Gasteiger partial charge in [0, 0.05) is 11.1 Å². The van der Waals surface area contributed by atoms with Gasteiger partial charge in [-0.1, -0.05) is 47.5 Å². The summed E-state index contributed by atoms with van der Waals surface area (Å²) >= 11 is 1.69. The average molecular weight is 331 g/mol. The van der Waals surface area contributed by atoms with E-state index >= 15 is 0 Å². The van der Waals surface area contributed by atoms with E-state index in [2.05, 4.69) is 78.3 Å². The number of nitrogens with one attached hydrogen (secondary N) is 1. The molecule has 0 aliphatic carbocycles. The number of hydrogen-bond donors (Lipinski definition) is 1. The Bertz CT molecular complexity index is 936. The van der Waals surface area contributed by atoms with Crippen LogP contribution in [0.15, 0.2) is 70.1 Å². The minimum Gasteiger partial charge on any atom is -0.260 e. The first-order chi connectivity index (χ1) is 11.7. The van der Waals surface area contributed by atoms with Gasteiger partial charge < -0.3 is 0 Å². The first-order valence-corrected chi connectivity index (χ1v) is 8.73. The Hall–Kier alpha value is -2.72. The molecule has 24 heavy (non-hydrogen) atoms. The molecule has 2 aromatic carbocycles. The number of aryl methyl sites for hydroxylation is 2. The number of benzene rings is 2. The van der Waals surface area contributed by atoms with Gasteiger partial charge in [0.25, 0.3) is 0 Å². The molecule has 0 amide bonds. The van der Waals surface area contributed by atoms with Crippen molar-refractivity contribution in [2.75, 3.05) is 0 Å². The standard InChI is InChI=1S/C20H17N3S/c1-13-5-8-15(9-6-13)20-21-17-10-7-14(2)12-16(17)19(22-23-20)18-4-3-11-24-18/h3-12H,1-2H3,(H,21,23). The van der Waals surface area contributed by atoms with Crippen LogP contribution in [0.4, 0.5) is 5.69 Å². The van der Waals surface area contributed by atoms with Gasteiger partial charge in [-0.15, -0.1) is 11.3 Å². The molecule has 1 aliphatic heterocycles. The number of aliphatic imine (C=N–C) groups is 1. The van der Waals surface area contributed by atoms with Gasteiger partial charge in [-0.2, -0.15) is 5.10 Å². The van der Waals surface area contributed by atoms with Crippen molar-refractivity contribution in [3.05, 3.63) is 87.1 Å². The summed E-state index contributed by atoms with van der Waals surface area (Å²) in [6, 6.07) is 18.8. The van der Waals surface area contributed by atoms with Crippen molar-refractivity contribution >= 4 is 28.6 Å². The highest BCUT2D eigenvalue weighted by Gasteiger charge is 2.17. The summed E-state index contributed by atoms with van der Waals surface area (Å²) in [7, 11) is 0. The van der Waals surface area contributed by atoms with E-state index in [9.17, 15) is 0 Å². The van der Waals surface area contributed by atoms with Crippen molar-refractivity contribution in [3.63, 3.8) is 0 Å². The predicted molar refractivity (Wildman–Crippen MR) is 102 cm³/mol. The lowest BCUT2D eigenvalue weighted by Gasteiger charge is -2.06. The van der Waals surface area contributed by atoms with Crippen LogP contribution in [-0.2, 0) is 0 Å². The Morgan fingerprint density at radius 2 is 1.71 bits per heavy atom. The molecule has 0 bridgehead atoms. The van der Waals surface area contributed by atoms with E-state index in [1.807, 2.05) is 6.07 Å². The maximum Gasteiger partial charge on any atom is 0.154 e. The molecule has 1 N–H and O–H groups in total. The maximum atomic E-state index is 4.84. The maximum absolute atomic E-state index is 4.84. The lowest BCUT2D eigenvalue weighted by atomic mass is 10.0. The molecular weight excluding hydrogens is 314 g/mol. The second-order valence-corrected chi connectivity index (χ2v) is 6.84. The van der Waals surface area contributed by atoms with Crippen LogP contribution in [0.25, 0.3) is 0 Å². The van der Waals surface area contributed by atoms with Crippen LogP contribution in [-0.4, -0.2) is 11.5 Å². The van der Waals surface area contributed by atoms with Crippen molar-refractivity contribution < 1.29 is 0 Å². The van der Waals surface area contributed by atoms with E-state index in [4.69, 9.17) is 4.99 Å². The zero-order valence-electron chi connectivity index (χ0n) is 13.6. The van der Waals surface area contributed by atoms with E-state index in [0.29, 0.717) is 0 Å². The molecular formula is C20H17N3S. The minimum atomic E-state index is 0.770. The summed E-state index contributed by atoms with van der Waals surface area (Å²) in [6.07, 6.45) is 0. The van der Waals surface area contributed by atoms with Gasteiger partial charge in [0.1, 0.15) is 5.71 Å². The molecule has 3 nitrogen and oxygen atoms in total. The number of hydrogen-bond acceptors (Lipinski definition) is 4. The van der Waals surface area contributed by atoms with E-state index in [-0.39, 0.29) is 0 Å². The third-order valence-corrected chi connectivity index (χ3v) is 4.87. The number of hydrazone groups is 1. The van der Waals surface area contributed by atoms with Crippen molar-refractivity contribution in [2.24, 2.45) is 10.1 Å². The SMILES string of the molecule is Cc1ccc(C2=Nc3ccc(C)cc3C(c3cccs3)=NN2)cc1. The van der Waals surface area contributed by atoms with Gasteiger partial charge in [0.2, 0.25) is 0 Å². The van der Waals surface area contributed by atoms with E-state index in [1.54, 1.807) is 11.3 Å². The quantitative estimate of drug-likeness (QED) is 0.719. The summed E-state index contributed by atoms with van der Waals surface area (Å²) in [4.78, 5) is 5.97. The number of nitrogens with zero attached hydrogens (tertiary/aromatic N) is 2. The Morgan fingerprint density at radius 1 is 0.917 bits per heavy atom. The molecule has 0 radical (unpaired) electrons. The molecule has 0 atom stereocenters. The molecule has 1 aliphatic rings. The first-order valence-electron chi connectivity index (χ1n) is 7.85. The van der Waals surface area contributed by atoms with Gasteiger partial charge in [0.15, 0.2) is 5.84 Å². The van der Waals surface area contributed by atoms with Gasteiger partial charge in [-0.05, 0) is 37.4 Å². The zero-order valence-corrected chi connectivity index (χ0v) is 14.4. The smallest absolute Gasteiger partial charge is 0.154 e. The zero-order chi connectivity index (χ0) is 16.5. The minimum absolute atomic E-state index is 0.770. The van der Waals surface area contributed by atoms with Gasteiger partial charge >= 0.3 is 0 Å². The topological polar surface area (TPSA) is 36.8 Å². The number of fused-ring (bicyclic) bond motifs is 1. The second kappa shape index (κ2) is 6.06. The van der Waals surface area contributed by atoms with Crippen LogP contribution in [0.1, 0.15) is 27.1 Å². The van der Waals surface area contributed by atoms with Crippen LogP contribution in [0.3, 0.4) is 0 Å². The molecule has 4 heteroatoms. The number of rotatable bonds is 2. The fraction of sp³-hybridized carbons (Fsp3) is 0.100. The Kier molecular flexibility index (Phi) is 3.75. The third kappa shape index (κ3) is 2.76.